The van der Waals surface area contributed by atoms with E-state index in [-0.39, 0.29) is 22.6 Å². The van der Waals surface area contributed by atoms with Gasteiger partial charge in [0.1, 0.15) is 0 Å². The molecule has 20 heavy (non-hydrogen) atoms. The van der Waals surface area contributed by atoms with Gasteiger partial charge >= 0.3 is 6.18 Å². The Labute approximate surface area is 115 Å². The maximum atomic E-state index is 13.0. The summed E-state index contributed by atoms with van der Waals surface area (Å²) in [5, 5.41) is 9.79. The van der Waals surface area contributed by atoms with Crippen LogP contribution in [0.1, 0.15) is 37.3 Å². The molecule has 1 aromatic rings. The van der Waals surface area contributed by atoms with Crippen LogP contribution in [0, 0.1) is 0 Å². The first-order valence-corrected chi connectivity index (χ1v) is 7.72. The molecule has 7 heteroatoms. The minimum Gasteiger partial charge on any atom is -0.390 e. The summed E-state index contributed by atoms with van der Waals surface area (Å²) in [5.74, 6) is -1.23. The molecule has 0 aliphatic carbocycles. The number of rotatable bonds is 2. The van der Waals surface area contributed by atoms with Crippen LogP contribution in [0.3, 0.4) is 0 Å². The van der Waals surface area contributed by atoms with Crippen LogP contribution in [0.5, 0.6) is 0 Å². The molecule has 1 N–H and O–H groups in total. The Balaban J connectivity index is 2.63. The fraction of sp³-hybridized carbons (Fsp3) is 0.538. The number of aliphatic hydroxyl groups is 1. The molecular formula is C13H15F3O3S. The molecule has 0 radical (unpaired) electrons. The third-order valence-corrected chi connectivity index (χ3v) is 5.15. The number of hydrogen-bond acceptors (Lipinski definition) is 3. The number of fused-ring (bicyclic) bond motifs is 1. The summed E-state index contributed by atoms with van der Waals surface area (Å²) in [6.07, 6.45) is -4.64. The van der Waals surface area contributed by atoms with Gasteiger partial charge in [0.05, 0.1) is 21.8 Å². The van der Waals surface area contributed by atoms with Gasteiger partial charge in [-0.25, -0.2) is 8.42 Å². The van der Waals surface area contributed by atoms with Crippen molar-refractivity contribution in [3.63, 3.8) is 0 Å². The van der Waals surface area contributed by atoms with Crippen molar-refractivity contribution in [3.05, 3.63) is 29.3 Å². The van der Waals surface area contributed by atoms with Gasteiger partial charge in [-0.05, 0) is 38.0 Å². The molecule has 2 rings (SSSR count). The fourth-order valence-electron chi connectivity index (χ4n) is 2.69. The van der Waals surface area contributed by atoms with E-state index in [1.54, 1.807) is 0 Å². The molecule has 0 aromatic heterocycles. The van der Waals surface area contributed by atoms with Crippen LogP contribution in [0.15, 0.2) is 23.1 Å². The summed E-state index contributed by atoms with van der Waals surface area (Å²) in [7, 11) is -3.72. The second kappa shape index (κ2) is 4.46. The Morgan fingerprint density at radius 3 is 2.40 bits per heavy atom. The summed E-state index contributed by atoms with van der Waals surface area (Å²) >= 11 is 0. The Bertz CT molecular complexity index is 627. The van der Waals surface area contributed by atoms with E-state index in [1.807, 2.05) is 0 Å². The van der Waals surface area contributed by atoms with E-state index in [0.29, 0.717) is 0 Å². The Kier molecular flexibility index (Phi) is 3.41. The van der Waals surface area contributed by atoms with Crippen molar-refractivity contribution < 1.29 is 26.7 Å². The van der Waals surface area contributed by atoms with Gasteiger partial charge in [0.2, 0.25) is 0 Å². The van der Waals surface area contributed by atoms with Crippen LogP contribution in [0.25, 0.3) is 0 Å². The summed E-state index contributed by atoms with van der Waals surface area (Å²) < 4.78 is 63.1. The zero-order valence-electron chi connectivity index (χ0n) is 11.0. The van der Waals surface area contributed by atoms with E-state index in [2.05, 4.69) is 0 Å². The molecule has 1 heterocycles. The number of sulfone groups is 1. The SMILES string of the molecule is CC(C)(O)CC1CS(=O)(=O)c2cccc(C(F)(F)F)c21. The lowest BCUT2D eigenvalue weighted by Gasteiger charge is -2.23. The normalized spacial score (nSPS) is 21.8. The zero-order chi connectivity index (χ0) is 15.3. The molecule has 112 valence electrons. The van der Waals surface area contributed by atoms with Crippen molar-refractivity contribution in [1.29, 1.82) is 0 Å². The highest BCUT2D eigenvalue weighted by Gasteiger charge is 2.44. The lowest BCUT2D eigenvalue weighted by Crippen LogP contribution is -2.24. The summed E-state index contributed by atoms with van der Waals surface area (Å²) in [6, 6.07) is 3.19. The van der Waals surface area contributed by atoms with Gasteiger partial charge in [0.25, 0.3) is 0 Å². The largest absolute Gasteiger partial charge is 0.416 e. The van der Waals surface area contributed by atoms with Crippen LogP contribution in [0.2, 0.25) is 0 Å². The first-order chi connectivity index (χ1) is 8.92. The molecule has 0 amide bonds. The second-order valence-corrected chi connectivity index (χ2v) is 7.71. The first kappa shape index (κ1) is 15.3. The van der Waals surface area contributed by atoms with E-state index in [9.17, 15) is 26.7 Å². The standard InChI is InChI=1S/C13H15F3O3S/c1-12(2,17)6-8-7-20(18,19)10-5-3-4-9(11(8)10)13(14,15)16/h3-5,8,17H,6-7H2,1-2H3. The molecule has 0 fully saturated rings. The van der Waals surface area contributed by atoms with Gasteiger partial charge in [0, 0.05) is 5.92 Å². The van der Waals surface area contributed by atoms with Crippen molar-refractivity contribution in [1.82, 2.24) is 0 Å². The monoisotopic (exact) mass is 308 g/mol. The molecule has 1 aliphatic rings. The van der Waals surface area contributed by atoms with Crippen molar-refractivity contribution in [2.75, 3.05) is 5.75 Å². The number of benzene rings is 1. The smallest absolute Gasteiger partial charge is 0.390 e. The Hall–Kier alpha value is -1.08. The van der Waals surface area contributed by atoms with Crippen molar-refractivity contribution in [2.24, 2.45) is 0 Å². The minimum atomic E-state index is -4.61. The van der Waals surface area contributed by atoms with E-state index in [1.165, 1.54) is 19.9 Å². The van der Waals surface area contributed by atoms with Crippen LogP contribution in [-0.2, 0) is 16.0 Å². The van der Waals surface area contributed by atoms with Gasteiger partial charge in [-0.2, -0.15) is 13.2 Å². The summed E-state index contributed by atoms with van der Waals surface area (Å²) in [6.45, 7) is 2.90. The van der Waals surface area contributed by atoms with Crippen molar-refractivity contribution in [2.45, 2.75) is 42.9 Å². The predicted molar refractivity (Wildman–Crippen MR) is 67.2 cm³/mol. The molecule has 1 atom stereocenters. The molecular weight excluding hydrogens is 293 g/mol. The van der Waals surface area contributed by atoms with E-state index >= 15 is 0 Å². The lowest BCUT2D eigenvalue weighted by molar-refractivity contribution is -0.138. The molecule has 1 aromatic carbocycles. The highest BCUT2D eigenvalue weighted by Crippen LogP contribution is 2.45. The number of hydrogen-bond donors (Lipinski definition) is 1. The molecule has 0 spiro atoms. The predicted octanol–water partition coefficient (Wildman–Crippen LogP) is 2.74. The maximum absolute atomic E-state index is 13.0. The fourth-order valence-corrected chi connectivity index (χ4v) is 4.58. The topological polar surface area (TPSA) is 54.4 Å². The summed E-state index contributed by atoms with van der Waals surface area (Å²) in [4.78, 5) is -0.262. The molecule has 0 saturated heterocycles. The second-order valence-electron chi connectivity index (χ2n) is 5.71. The van der Waals surface area contributed by atoms with Crippen molar-refractivity contribution in [3.8, 4) is 0 Å². The average molecular weight is 308 g/mol. The van der Waals surface area contributed by atoms with E-state index in [0.717, 1.165) is 12.1 Å². The molecule has 1 aliphatic heterocycles. The molecule has 0 bridgehead atoms. The third kappa shape index (κ3) is 2.83. The van der Waals surface area contributed by atoms with E-state index in [4.69, 9.17) is 0 Å². The van der Waals surface area contributed by atoms with Crippen LogP contribution in [0.4, 0.5) is 13.2 Å². The third-order valence-electron chi connectivity index (χ3n) is 3.28. The lowest BCUT2D eigenvalue weighted by atomic mass is 9.87. The van der Waals surface area contributed by atoms with Gasteiger partial charge in [-0.1, -0.05) is 6.07 Å². The highest BCUT2D eigenvalue weighted by atomic mass is 32.2. The van der Waals surface area contributed by atoms with Gasteiger partial charge in [-0.3, -0.25) is 0 Å². The molecule has 0 saturated carbocycles. The van der Waals surface area contributed by atoms with Gasteiger partial charge in [-0.15, -0.1) is 0 Å². The van der Waals surface area contributed by atoms with Crippen LogP contribution in [-0.4, -0.2) is 24.9 Å². The highest BCUT2D eigenvalue weighted by molar-refractivity contribution is 7.91. The maximum Gasteiger partial charge on any atom is 0.416 e. The number of alkyl halides is 3. The van der Waals surface area contributed by atoms with Crippen molar-refractivity contribution >= 4 is 9.84 Å². The quantitative estimate of drug-likeness (QED) is 0.914. The van der Waals surface area contributed by atoms with Gasteiger partial charge in [0.15, 0.2) is 9.84 Å². The summed E-state index contributed by atoms with van der Waals surface area (Å²) in [5.41, 5.74) is -2.37. The molecule has 1 unspecified atom stereocenters. The zero-order valence-corrected chi connectivity index (χ0v) is 11.8. The van der Waals surface area contributed by atoms with Gasteiger partial charge < -0.3 is 5.11 Å². The first-order valence-electron chi connectivity index (χ1n) is 6.07. The van der Waals surface area contributed by atoms with Crippen LogP contribution >= 0.6 is 0 Å². The Morgan fingerprint density at radius 1 is 1.30 bits per heavy atom. The number of halogens is 3. The molecule has 3 nitrogen and oxygen atoms in total. The average Bonchev–Trinajstić information content (AvgIpc) is 2.47. The Morgan fingerprint density at radius 2 is 1.90 bits per heavy atom. The minimum absolute atomic E-state index is 0.0354. The van der Waals surface area contributed by atoms with Crippen LogP contribution < -0.4 is 0 Å². The van der Waals surface area contributed by atoms with E-state index < -0.39 is 33.1 Å².